The van der Waals surface area contributed by atoms with Gasteiger partial charge in [0.25, 0.3) is 0 Å². The van der Waals surface area contributed by atoms with Gasteiger partial charge in [0.1, 0.15) is 11.3 Å². The van der Waals surface area contributed by atoms with E-state index in [1.54, 1.807) is 0 Å². The number of fused-ring (bicyclic) bond motifs is 1. The number of alkyl halides is 3. The molecule has 2 atom stereocenters. The second kappa shape index (κ2) is 4.61. The molecule has 1 N–H and O–H groups in total. The molecule has 1 aromatic heterocycles. The lowest BCUT2D eigenvalue weighted by atomic mass is 9.68. The lowest BCUT2D eigenvalue weighted by Gasteiger charge is -2.37. The molecular weight excluding hydrogens is 315 g/mol. The van der Waals surface area contributed by atoms with Crippen LogP contribution in [0, 0.1) is 17.2 Å². The van der Waals surface area contributed by atoms with E-state index in [-0.39, 0.29) is 11.5 Å². The van der Waals surface area contributed by atoms with Crippen molar-refractivity contribution >= 4 is 10.9 Å². The molecule has 0 saturated heterocycles. The fourth-order valence-corrected chi connectivity index (χ4v) is 5.32. The van der Waals surface area contributed by atoms with Crippen LogP contribution in [0.2, 0.25) is 0 Å². The number of aromatic nitrogens is 2. The van der Waals surface area contributed by atoms with Crippen LogP contribution in [0.4, 0.5) is 13.2 Å². The zero-order valence-corrected chi connectivity index (χ0v) is 13.1. The van der Waals surface area contributed by atoms with E-state index in [0.717, 1.165) is 43.6 Å². The van der Waals surface area contributed by atoms with Gasteiger partial charge in [-0.1, -0.05) is 0 Å². The quantitative estimate of drug-likeness (QED) is 0.763. The maximum absolute atomic E-state index is 13.0. The summed E-state index contributed by atoms with van der Waals surface area (Å²) in [7, 11) is 0. The minimum absolute atomic E-state index is 0.208. The van der Waals surface area contributed by atoms with Gasteiger partial charge in [0.15, 0.2) is 0 Å². The van der Waals surface area contributed by atoms with Crippen molar-refractivity contribution in [3.63, 3.8) is 0 Å². The molecule has 6 rings (SSSR count). The van der Waals surface area contributed by atoms with Crippen LogP contribution in [-0.4, -0.2) is 9.55 Å². The summed E-state index contributed by atoms with van der Waals surface area (Å²) in [6.45, 7) is 0. The molecule has 24 heavy (non-hydrogen) atoms. The molecule has 4 aliphatic rings. The Hall–Kier alpha value is -1.85. The third-order valence-electron chi connectivity index (χ3n) is 6.15. The Morgan fingerprint density at radius 2 is 1.75 bits per heavy atom. The monoisotopic (exact) mass is 333 g/mol. The highest BCUT2D eigenvalue weighted by molar-refractivity contribution is 5.78. The first-order valence-corrected chi connectivity index (χ1v) is 8.58. The third kappa shape index (κ3) is 1.98. The summed E-state index contributed by atoms with van der Waals surface area (Å²) in [5.41, 5.74) is 0.0186. The van der Waals surface area contributed by atoms with E-state index >= 15 is 0 Å². The minimum atomic E-state index is -4.39. The van der Waals surface area contributed by atoms with Gasteiger partial charge < -0.3 is 4.57 Å². The van der Waals surface area contributed by atoms with Crippen LogP contribution >= 0.6 is 0 Å². The molecule has 126 valence electrons. The summed E-state index contributed by atoms with van der Waals surface area (Å²) in [5, 5.41) is 8.92. The largest absolute Gasteiger partial charge is 0.416 e. The van der Waals surface area contributed by atoms with Crippen molar-refractivity contribution < 1.29 is 13.2 Å². The van der Waals surface area contributed by atoms with E-state index in [9.17, 15) is 13.2 Å². The van der Waals surface area contributed by atoms with Crippen molar-refractivity contribution in [1.82, 2.24) is 9.55 Å². The van der Waals surface area contributed by atoms with Crippen LogP contribution in [-0.2, 0) is 6.18 Å². The van der Waals surface area contributed by atoms with E-state index in [2.05, 4.69) is 0 Å². The molecule has 3 nitrogen and oxygen atoms in total. The zero-order valence-electron chi connectivity index (χ0n) is 13.1. The predicted octanol–water partition coefficient (Wildman–Crippen LogP) is 4.38. The van der Waals surface area contributed by atoms with Crippen LogP contribution in [0.3, 0.4) is 0 Å². The van der Waals surface area contributed by atoms with Crippen molar-refractivity contribution in [3.05, 3.63) is 35.1 Å². The van der Waals surface area contributed by atoms with Crippen molar-refractivity contribution in [2.45, 2.75) is 50.2 Å². The Bertz CT molecular complexity index is 885. The van der Waals surface area contributed by atoms with E-state index in [1.807, 2.05) is 4.57 Å². The molecule has 1 aromatic carbocycles. The Kier molecular flexibility index (Phi) is 2.78. The fraction of sp³-hybridized carbons (Fsp3) is 0.556. The molecule has 0 radical (unpaired) electrons. The summed E-state index contributed by atoms with van der Waals surface area (Å²) < 4.78 is 41.1. The first kappa shape index (κ1) is 14.5. The molecule has 2 unspecified atom stereocenters. The molecule has 2 saturated carbocycles. The fourth-order valence-electron chi connectivity index (χ4n) is 5.32. The summed E-state index contributed by atoms with van der Waals surface area (Å²) in [5.74, 6) is 2.66. The van der Waals surface area contributed by atoms with Gasteiger partial charge in [-0.25, -0.2) is 4.98 Å². The molecule has 2 aliphatic carbocycles. The van der Waals surface area contributed by atoms with E-state index in [4.69, 9.17) is 10.4 Å². The van der Waals surface area contributed by atoms with Gasteiger partial charge in [0, 0.05) is 17.3 Å². The highest BCUT2D eigenvalue weighted by atomic mass is 19.4. The van der Waals surface area contributed by atoms with Gasteiger partial charge in [-0.15, -0.1) is 0 Å². The number of rotatable bonds is 0. The van der Waals surface area contributed by atoms with Gasteiger partial charge in [-0.05, 0) is 62.1 Å². The van der Waals surface area contributed by atoms with Crippen molar-refractivity contribution in [2.24, 2.45) is 11.8 Å². The van der Waals surface area contributed by atoms with Crippen LogP contribution in [0.1, 0.15) is 55.5 Å². The maximum atomic E-state index is 13.0. The number of hydrogen-bond donors (Lipinski definition) is 1. The Morgan fingerprint density at radius 1 is 1.04 bits per heavy atom. The summed E-state index contributed by atoms with van der Waals surface area (Å²) in [4.78, 5) is 4.73. The average molecular weight is 333 g/mol. The molecule has 3 heterocycles. The molecule has 0 spiro atoms. The standard InChI is InChI=1S/C18H18F3N3/c19-18(20,21)12-1-2-15-14(8-12)16(22)24-13-6-9-3-10(7-13)5-11(4-9)17(24)23-15/h1-2,8-11,13,22H,3-7H2. The SMILES string of the molecule is N=c1c2cc(C(F)(F)F)ccc2nc2n1C1CC3CC(CC2C3)C1. The first-order valence-electron chi connectivity index (χ1n) is 8.58. The molecule has 2 fully saturated rings. The van der Waals surface area contributed by atoms with Crippen LogP contribution in [0.5, 0.6) is 0 Å². The summed E-state index contributed by atoms with van der Waals surface area (Å²) >= 11 is 0. The van der Waals surface area contributed by atoms with Crippen LogP contribution < -0.4 is 5.49 Å². The van der Waals surface area contributed by atoms with E-state index in [1.165, 1.54) is 12.5 Å². The number of hydrogen-bond acceptors (Lipinski definition) is 2. The van der Waals surface area contributed by atoms with Gasteiger partial charge in [0.05, 0.1) is 11.1 Å². The number of nitrogens with one attached hydrogen (secondary N) is 1. The van der Waals surface area contributed by atoms with Gasteiger partial charge in [-0.2, -0.15) is 13.2 Å². The number of halogens is 3. The predicted molar refractivity (Wildman–Crippen MR) is 82.4 cm³/mol. The molecular formula is C18H18F3N3. The van der Waals surface area contributed by atoms with Gasteiger partial charge >= 0.3 is 6.18 Å². The Morgan fingerprint density at radius 3 is 2.42 bits per heavy atom. The van der Waals surface area contributed by atoms with Crippen LogP contribution in [0.15, 0.2) is 18.2 Å². The zero-order chi connectivity index (χ0) is 16.6. The van der Waals surface area contributed by atoms with Crippen molar-refractivity contribution in [2.75, 3.05) is 0 Å². The molecule has 2 aliphatic heterocycles. The normalized spacial score (nSPS) is 31.3. The number of benzene rings is 1. The molecule has 2 aromatic rings. The summed E-state index contributed by atoms with van der Waals surface area (Å²) in [6, 6.07) is 3.82. The molecule has 4 bridgehead atoms. The highest BCUT2D eigenvalue weighted by Crippen LogP contribution is 2.52. The smallest absolute Gasteiger partial charge is 0.311 e. The third-order valence-corrected chi connectivity index (χ3v) is 6.15. The lowest BCUT2D eigenvalue weighted by molar-refractivity contribution is -0.137. The highest BCUT2D eigenvalue weighted by Gasteiger charge is 2.43. The number of nitrogens with zero attached hydrogens (tertiary/aromatic N) is 2. The Labute approximate surface area is 137 Å². The minimum Gasteiger partial charge on any atom is -0.311 e. The maximum Gasteiger partial charge on any atom is 0.416 e. The second-order valence-electron chi connectivity index (χ2n) is 7.68. The first-order chi connectivity index (χ1) is 11.4. The molecule has 6 heteroatoms. The van der Waals surface area contributed by atoms with Gasteiger partial charge in [0.2, 0.25) is 0 Å². The Balaban J connectivity index is 1.78. The van der Waals surface area contributed by atoms with Crippen LogP contribution in [0.25, 0.3) is 10.9 Å². The van der Waals surface area contributed by atoms with Crippen molar-refractivity contribution in [1.29, 1.82) is 5.41 Å². The van der Waals surface area contributed by atoms with E-state index in [0.29, 0.717) is 28.7 Å². The van der Waals surface area contributed by atoms with Gasteiger partial charge in [-0.3, -0.25) is 5.41 Å². The topological polar surface area (TPSA) is 41.7 Å². The van der Waals surface area contributed by atoms with E-state index < -0.39 is 11.7 Å². The van der Waals surface area contributed by atoms with Crippen molar-refractivity contribution in [3.8, 4) is 0 Å². The summed E-state index contributed by atoms with van der Waals surface area (Å²) in [6.07, 6.45) is 1.20. The second-order valence-corrected chi connectivity index (χ2v) is 7.68. The average Bonchev–Trinajstić information content (AvgIpc) is 2.68. The molecule has 0 amide bonds. The lowest BCUT2D eigenvalue weighted by Crippen LogP contribution is -2.31.